The molecule has 9 heteroatoms. The highest BCUT2D eigenvalue weighted by atomic mass is 35.5. The fraction of sp³-hybridized carbons (Fsp3) is 0.273. The number of halogens is 2. The van der Waals surface area contributed by atoms with Crippen molar-refractivity contribution in [3.63, 3.8) is 0 Å². The van der Waals surface area contributed by atoms with Crippen molar-refractivity contribution in [2.45, 2.75) is 13.3 Å². The van der Waals surface area contributed by atoms with E-state index in [-0.39, 0.29) is 5.57 Å². The molecule has 0 spiro atoms. The van der Waals surface area contributed by atoms with Crippen molar-refractivity contribution in [3.8, 4) is 29.1 Å². The number of methoxy groups -OCH3 is 3. The normalized spacial score (nSPS) is 10.8. The van der Waals surface area contributed by atoms with E-state index in [9.17, 15) is 10.1 Å². The highest BCUT2D eigenvalue weighted by Crippen LogP contribution is 2.38. The summed E-state index contributed by atoms with van der Waals surface area (Å²) in [5, 5.41) is 12.8. The van der Waals surface area contributed by atoms with Crippen LogP contribution >= 0.6 is 23.2 Å². The average molecular weight is 465 g/mol. The molecule has 0 saturated carbocycles. The Morgan fingerprint density at radius 2 is 1.71 bits per heavy atom. The molecule has 0 aromatic heterocycles. The standard InChI is InChI=1S/C22H22Cl2N2O5/c1-5-6-31-21-16(24)8-13(9-20(21)30-4)7-14(12-25)22(27)26-17-11-18(28-2)15(23)10-19(17)29-3/h7-11H,5-6H2,1-4H3,(H,26,27)/b14-7+. The molecule has 1 amide bonds. The van der Waals surface area contributed by atoms with Gasteiger partial charge in [-0.05, 0) is 30.2 Å². The van der Waals surface area contributed by atoms with Gasteiger partial charge >= 0.3 is 0 Å². The number of carbonyl (C=O) groups excluding carboxylic acids is 1. The van der Waals surface area contributed by atoms with Gasteiger partial charge in [0.2, 0.25) is 0 Å². The number of anilines is 1. The van der Waals surface area contributed by atoms with Crippen molar-refractivity contribution in [2.75, 3.05) is 33.3 Å². The predicted octanol–water partition coefficient (Wildman–Crippen LogP) is 5.35. The number of nitrogens with one attached hydrogen (secondary N) is 1. The minimum absolute atomic E-state index is 0.156. The second-order valence-corrected chi connectivity index (χ2v) is 7.01. The maximum Gasteiger partial charge on any atom is 0.266 e. The smallest absolute Gasteiger partial charge is 0.266 e. The van der Waals surface area contributed by atoms with Gasteiger partial charge in [-0.15, -0.1) is 0 Å². The van der Waals surface area contributed by atoms with Gasteiger partial charge in [-0.3, -0.25) is 4.79 Å². The Labute approximate surface area is 191 Å². The Hall–Kier alpha value is -3.08. The van der Waals surface area contributed by atoms with Crippen LogP contribution in [0.4, 0.5) is 5.69 Å². The van der Waals surface area contributed by atoms with Crippen molar-refractivity contribution >= 4 is 40.9 Å². The zero-order valence-electron chi connectivity index (χ0n) is 17.5. The topological polar surface area (TPSA) is 89.8 Å². The van der Waals surface area contributed by atoms with E-state index in [4.69, 9.17) is 42.1 Å². The van der Waals surface area contributed by atoms with Crippen LogP contribution in [0.5, 0.6) is 23.0 Å². The highest BCUT2D eigenvalue weighted by Gasteiger charge is 2.17. The third-order valence-corrected chi connectivity index (χ3v) is 4.68. The van der Waals surface area contributed by atoms with Crippen LogP contribution in [0.3, 0.4) is 0 Å². The number of hydrogen-bond acceptors (Lipinski definition) is 6. The second kappa shape index (κ2) is 11.3. The minimum atomic E-state index is -0.647. The molecule has 0 unspecified atom stereocenters. The first kappa shape index (κ1) is 24.2. The summed E-state index contributed by atoms with van der Waals surface area (Å²) in [6.07, 6.45) is 2.20. The monoisotopic (exact) mass is 464 g/mol. The molecular formula is C22H22Cl2N2O5. The quantitative estimate of drug-likeness (QED) is 0.397. The molecule has 7 nitrogen and oxygen atoms in total. The van der Waals surface area contributed by atoms with Crippen LogP contribution in [0.25, 0.3) is 6.08 Å². The molecule has 0 aliphatic carbocycles. The van der Waals surface area contributed by atoms with Crippen LogP contribution in [-0.2, 0) is 4.79 Å². The van der Waals surface area contributed by atoms with Crippen molar-refractivity contribution < 1.29 is 23.7 Å². The Kier molecular flexibility index (Phi) is 8.86. The molecule has 0 aliphatic heterocycles. The van der Waals surface area contributed by atoms with Crippen LogP contribution in [0.2, 0.25) is 10.0 Å². The Morgan fingerprint density at radius 1 is 1.03 bits per heavy atom. The van der Waals surface area contributed by atoms with E-state index in [0.717, 1.165) is 6.42 Å². The summed E-state index contributed by atoms with van der Waals surface area (Å²) in [6.45, 7) is 2.45. The molecule has 164 valence electrons. The maximum absolute atomic E-state index is 12.7. The lowest BCUT2D eigenvalue weighted by molar-refractivity contribution is -0.112. The van der Waals surface area contributed by atoms with Crippen molar-refractivity contribution in [1.82, 2.24) is 0 Å². The number of nitrogens with zero attached hydrogens (tertiary/aromatic N) is 1. The van der Waals surface area contributed by atoms with E-state index in [1.165, 1.54) is 39.5 Å². The number of nitriles is 1. The zero-order valence-corrected chi connectivity index (χ0v) is 19.1. The van der Waals surface area contributed by atoms with Gasteiger partial charge in [0.05, 0.1) is 43.7 Å². The predicted molar refractivity (Wildman–Crippen MR) is 121 cm³/mol. The van der Waals surface area contributed by atoms with Gasteiger partial charge in [0, 0.05) is 12.1 Å². The number of rotatable bonds is 9. The maximum atomic E-state index is 12.7. The van der Waals surface area contributed by atoms with Crippen molar-refractivity contribution in [3.05, 3.63) is 45.4 Å². The number of ether oxygens (including phenoxy) is 4. The Morgan fingerprint density at radius 3 is 2.29 bits per heavy atom. The summed E-state index contributed by atoms with van der Waals surface area (Å²) in [7, 11) is 4.37. The molecule has 2 aromatic carbocycles. The van der Waals surface area contributed by atoms with Crippen LogP contribution in [0.1, 0.15) is 18.9 Å². The van der Waals surface area contributed by atoms with E-state index in [0.29, 0.717) is 50.9 Å². The number of hydrogen-bond donors (Lipinski definition) is 1. The summed E-state index contributed by atoms with van der Waals surface area (Å²) in [5.74, 6) is 0.822. The summed E-state index contributed by atoms with van der Waals surface area (Å²) in [5.41, 5.74) is 0.642. The van der Waals surface area contributed by atoms with Gasteiger partial charge in [-0.1, -0.05) is 30.1 Å². The fourth-order valence-electron chi connectivity index (χ4n) is 2.63. The first-order chi connectivity index (χ1) is 14.9. The zero-order chi connectivity index (χ0) is 23.0. The van der Waals surface area contributed by atoms with Crippen LogP contribution in [0.15, 0.2) is 29.8 Å². The molecule has 0 radical (unpaired) electrons. The van der Waals surface area contributed by atoms with Crippen molar-refractivity contribution in [1.29, 1.82) is 5.26 Å². The molecule has 0 aliphatic rings. The van der Waals surface area contributed by atoms with Gasteiger partial charge in [0.25, 0.3) is 5.91 Å². The molecule has 0 atom stereocenters. The average Bonchev–Trinajstić information content (AvgIpc) is 2.76. The lowest BCUT2D eigenvalue weighted by Gasteiger charge is -2.14. The van der Waals surface area contributed by atoms with E-state index >= 15 is 0 Å². The molecule has 2 aromatic rings. The molecule has 0 fully saturated rings. The summed E-state index contributed by atoms with van der Waals surface area (Å²) in [6, 6.07) is 8.12. The van der Waals surface area contributed by atoms with Gasteiger partial charge in [0.15, 0.2) is 11.5 Å². The third-order valence-electron chi connectivity index (χ3n) is 4.10. The van der Waals surface area contributed by atoms with Crippen LogP contribution in [-0.4, -0.2) is 33.8 Å². The summed E-state index contributed by atoms with van der Waals surface area (Å²) in [4.78, 5) is 12.7. The summed E-state index contributed by atoms with van der Waals surface area (Å²) >= 11 is 12.4. The summed E-state index contributed by atoms with van der Waals surface area (Å²) < 4.78 is 21.4. The lowest BCUT2D eigenvalue weighted by atomic mass is 10.1. The van der Waals surface area contributed by atoms with Crippen LogP contribution < -0.4 is 24.3 Å². The molecule has 2 rings (SSSR count). The fourth-order valence-corrected chi connectivity index (χ4v) is 3.13. The molecule has 31 heavy (non-hydrogen) atoms. The molecule has 0 saturated heterocycles. The highest BCUT2D eigenvalue weighted by molar-refractivity contribution is 6.33. The largest absolute Gasteiger partial charge is 0.495 e. The van der Waals surface area contributed by atoms with Gasteiger partial charge in [0.1, 0.15) is 23.1 Å². The first-order valence-electron chi connectivity index (χ1n) is 9.23. The van der Waals surface area contributed by atoms with Gasteiger partial charge < -0.3 is 24.3 Å². The van der Waals surface area contributed by atoms with Gasteiger partial charge in [-0.25, -0.2) is 0 Å². The Bertz CT molecular complexity index is 1030. The molecule has 0 heterocycles. The SMILES string of the molecule is CCCOc1c(Cl)cc(/C=C(\C#N)C(=O)Nc2cc(OC)c(Cl)cc2OC)cc1OC. The molecule has 1 N–H and O–H groups in total. The Balaban J connectivity index is 2.37. The van der Waals surface area contributed by atoms with E-state index in [2.05, 4.69) is 5.32 Å². The van der Waals surface area contributed by atoms with E-state index in [1.807, 2.05) is 13.0 Å². The van der Waals surface area contributed by atoms with Gasteiger partial charge in [-0.2, -0.15) is 5.26 Å². The van der Waals surface area contributed by atoms with Crippen molar-refractivity contribution in [2.24, 2.45) is 0 Å². The number of amides is 1. The van der Waals surface area contributed by atoms with E-state index < -0.39 is 5.91 Å². The number of benzene rings is 2. The third kappa shape index (κ3) is 5.97. The molecule has 0 bridgehead atoms. The first-order valence-corrected chi connectivity index (χ1v) is 9.99. The van der Waals surface area contributed by atoms with Crippen LogP contribution in [0, 0.1) is 11.3 Å². The van der Waals surface area contributed by atoms with E-state index in [1.54, 1.807) is 12.1 Å². The second-order valence-electron chi connectivity index (χ2n) is 6.19. The minimum Gasteiger partial charge on any atom is -0.495 e. The molecular weight excluding hydrogens is 443 g/mol. The lowest BCUT2D eigenvalue weighted by Crippen LogP contribution is -2.14. The number of carbonyl (C=O) groups is 1.